The highest BCUT2D eigenvalue weighted by atomic mass is 32.1. The maximum Gasteiger partial charge on any atom is 0.319 e. The maximum absolute atomic E-state index is 10.4. The second kappa shape index (κ2) is 7.51. The van der Waals surface area contributed by atoms with Crippen molar-refractivity contribution in [1.29, 1.82) is 0 Å². The molecule has 2 aromatic heterocycles. The van der Waals surface area contributed by atoms with Gasteiger partial charge in [0.1, 0.15) is 5.82 Å². The van der Waals surface area contributed by atoms with Gasteiger partial charge < -0.3 is 9.84 Å². The number of benzene rings is 3. The smallest absolute Gasteiger partial charge is 0.319 e. The topological polar surface area (TPSA) is 68.1 Å². The molecule has 1 N–H and O–H groups in total. The number of hydrogen-bond acceptors (Lipinski definition) is 6. The van der Waals surface area contributed by atoms with E-state index in [0.717, 1.165) is 5.56 Å². The summed E-state index contributed by atoms with van der Waals surface area (Å²) in [5, 5.41) is 15.3. The molecular formula is C26H19N3O2S. The molecule has 1 aliphatic carbocycles. The standard InChI is InChI=1S/C26H19N3O2S/c1-31-26-28-24(27-25(29-26)18-8-4-5-9-21(18)30)17-10-11-22-19(13-17)20-12-15-6-2-3-7-16(15)14-23(20)32-22/h2-14,18,21,30H,1H3. The van der Waals surface area contributed by atoms with Crippen molar-refractivity contribution in [3.8, 4) is 17.4 Å². The second-order valence-corrected chi connectivity index (χ2v) is 8.88. The first-order valence-corrected chi connectivity index (χ1v) is 11.2. The van der Waals surface area contributed by atoms with Crippen LogP contribution in [0, 0.1) is 0 Å². The van der Waals surface area contributed by atoms with Crippen molar-refractivity contribution in [2.45, 2.75) is 12.0 Å². The van der Waals surface area contributed by atoms with Crippen LogP contribution in [0.2, 0.25) is 0 Å². The van der Waals surface area contributed by atoms with Gasteiger partial charge in [-0.2, -0.15) is 9.97 Å². The molecule has 0 amide bonds. The largest absolute Gasteiger partial charge is 0.467 e. The number of aliphatic hydroxyl groups excluding tert-OH is 1. The number of allylic oxidation sites excluding steroid dienone is 2. The van der Waals surface area contributed by atoms with Crippen LogP contribution in [0.5, 0.6) is 6.01 Å². The average Bonchev–Trinajstić information content (AvgIpc) is 3.19. The highest BCUT2D eigenvalue weighted by molar-refractivity contribution is 7.25. The molecule has 0 bridgehead atoms. The van der Waals surface area contributed by atoms with Crippen molar-refractivity contribution in [3.63, 3.8) is 0 Å². The number of fused-ring (bicyclic) bond motifs is 4. The molecule has 1 aliphatic rings. The molecule has 0 spiro atoms. The first-order valence-electron chi connectivity index (χ1n) is 10.4. The summed E-state index contributed by atoms with van der Waals surface area (Å²) in [7, 11) is 1.54. The molecule has 156 valence electrons. The molecule has 2 heterocycles. The van der Waals surface area contributed by atoms with Gasteiger partial charge in [-0.15, -0.1) is 11.3 Å². The van der Waals surface area contributed by atoms with Crippen LogP contribution < -0.4 is 4.74 Å². The van der Waals surface area contributed by atoms with Crippen LogP contribution in [0.3, 0.4) is 0 Å². The molecule has 0 radical (unpaired) electrons. The Morgan fingerprint density at radius 3 is 2.44 bits per heavy atom. The highest BCUT2D eigenvalue weighted by Gasteiger charge is 2.23. The van der Waals surface area contributed by atoms with Crippen molar-refractivity contribution in [3.05, 3.63) is 84.7 Å². The van der Waals surface area contributed by atoms with E-state index < -0.39 is 6.10 Å². The quantitative estimate of drug-likeness (QED) is 0.396. The molecule has 6 heteroatoms. The van der Waals surface area contributed by atoms with Crippen molar-refractivity contribution < 1.29 is 9.84 Å². The first kappa shape index (κ1) is 19.1. The zero-order valence-corrected chi connectivity index (χ0v) is 18.1. The number of aromatic nitrogens is 3. The number of hydrogen-bond donors (Lipinski definition) is 1. The monoisotopic (exact) mass is 437 g/mol. The van der Waals surface area contributed by atoms with Crippen LogP contribution in [0.1, 0.15) is 11.7 Å². The first-order chi connectivity index (χ1) is 15.7. The average molecular weight is 438 g/mol. The summed E-state index contributed by atoms with van der Waals surface area (Å²) < 4.78 is 7.83. The molecule has 5 aromatic rings. The van der Waals surface area contributed by atoms with Crippen LogP contribution in [0.15, 0.2) is 78.9 Å². The molecule has 32 heavy (non-hydrogen) atoms. The van der Waals surface area contributed by atoms with Gasteiger partial charge in [-0.25, -0.2) is 4.98 Å². The summed E-state index contributed by atoms with van der Waals surface area (Å²) in [5.41, 5.74) is 0.886. The van der Waals surface area contributed by atoms with Crippen LogP contribution in [-0.2, 0) is 0 Å². The van der Waals surface area contributed by atoms with E-state index in [4.69, 9.17) is 9.72 Å². The van der Waals surface area contributed by atoms with Gasteiger partial charge in [0.05, 0.1) is 19.1 Å². The third-order valence-electron chi connectivity index (χ3n) is 5.81. The fourth-order valence-electron chi connectivity index (χ4n) is 4.18. The number of methoxy groups -OCH3 is 1. The molecule has 0 aliphatic heterocycles. The molecule has 6 rings (SSSR count). The van der Waals surface area contributed by atoms with Gasteiger partial charge in [0, 0.05) is 25.7 Å². The summed E-state index contributed by atoms with van der Waals surface area (Å²) in [6.07, 6.45) is 6.65. The van der Waals surface area contributed by atoms with E-state index in [1.807, 2.05) is 24.3 Å². The zero-order valence-electron chi connectivity index (χ0n) is 17.3. The third-order valence-corrected chi connectivity index (χ3v) is 6.95. The minimum Gasteiger partial charge on any atom is -0.467 e. The zero-order chi connectivity index (χ0) is 21.7. The molecular weight excluding hydrogens is 418 g/mol. The summed E-state index contributed by atoms with van der Waals surface area (Å²) in [6, 6.07) is 19.4. The number of nitrogens with zero attached hydrogens (tertiary/aromatic N) is 3. The number of rotatable bonds is 3. The van der Waals surface area contributed by atoms with Gasteiger partial charge >= 0.3 is 6.01 Å². The predicted molar refractivity (Wildman–Crippen MR) is 129 cm³/mol. The van der Waals surface area contributed by atoms with E-state index >= 15 is 0 Å². The van der Waals surface area contributed by atoms with Crippen LogP contribution >= 0.6 is 11.3 Å². The van der Waals surface area contributed by atoms with Gasteiger partial charge in [-0.05, 0) is 41.1 Å². The lowest BCUT2D eigenvalue weighted by Crippen LogP contribution is -2.19. The lowest BCUT2D eigenvalue weighted by atomic mass is 9.97. The summed E-state index contributed by atoms with van der Waals surface area (Å²) in [5.74, 6) is 0.679. The van der Waals surface area contributed by atoms with E-state index in [1.54, 1.807) is 17.4 Å². The molecule has 3 aromatic carbocycles. The fourth-order valence-corrected chi connectivity index (χ4v) is 5.29. The molecule has 0 saturated heterocycles. The molecule has 0 fully saturated rings. The Labute approximate surface area is 188 Å². The lowest BCUT2D eigenvalue weighted by Gasteiger charge is -2.18. The Morgan fingerprint density at radius 1 is 0.844 bits per heavy atom. The van der Waals surface area contributed by atoms with Gasteiger partial charge in [-0.1, -0.05) is 48.6 Å². The minimum atomic E-state index is -0.684. The SMILES string of the molecule is COc1nc(-c2ccc3sc4cc5ccccc5cc4c3c2)nc(C2C=CC=CC2O)n1. The summed E-state index contributed by atoms with van der Waals surface area (Å²) >= 11 is 1.79. The normalized spacial score (nSPS) is 18.1. The molecule has 5 nitrogen and oxygen atoms in total. The van der Waals surface area contributed by atoms with Crippen molar-refractivity contribution >= 4 is 42.3 Å². The Hall–Kier alpha value is -3.61. The van der Waals surface area contributed by atoms with Crippen molar-refractivity contribution in [2.24, 2.45) is 0 Å². The summed E-state index contributed by atoms with van der Waals surface area (Å²) in [4.78, 5) is 13.6. The van der Waals surface area contributed by atoms with Crippen LogP contribution in [0.4, 0.5) is 0 Å². The van der Waals surface area contributed by atoms with Gasteiger partial charge in [0.2, 0.25) is 0 Å². The van der Waals surface area contributed by atoms with E-state index in [-0.39, 0.29) is 11.9 Å². The van der Waals surface area contributed by atoms with E-state index in [9.17, 15) is 5.11 Å². The Kier molecular flexibility index (Phi) is 4.48. The van der Waals surface area contributed by atoms with E-state index in [1.165, 1.54) is 38.1 Å². The maximum atomic E-state index is 10.4. The van der Waals surface area contributed by atoms with Crippen LogP contribution in [0.25, 0.3) is 42.3 Å². The minimum absolute atomic E-state index is 0.237. The Balaban J connectivity index is 1.52. The Bertz CT molecular complexity index is 1550. The van der Waals surface area contributed by atoms with E-state index in [0.29, 0.717) is 11.6 Å². The van der Waals surface area contributed by atoms with Crippen LogP contribution in [-0.4, -0.2) is 33.3 Å². The number of aliphatic hydroxyl groups is 1. The number of ether oxygens (including phenoxy) is 1. The fraction of sp³-hybridized carbons (Fsp3) is 0.115. The van der Waals surface area contributed by atoms with Gasteiger partial charge in [0.25, 0.3) is 0 Å². The molecule has 0 saturated carbocycles. The van der Waals surface area contributed by atoms with E-state index in [2.05, 4.69) is 58.5 Å². The molecule has 2 atom stereocenters. The lowest BCUT2D eigenvalue weighted by molar-refractivity contribution is 0.201. The predicted octanol–water partition coefficient (Wildman–Crippen LogP) is 5.64. The second-order valence-electron chi connectivity index (χ2n) is 7.80. The molecule has 2 unspecified atom stereocenters. The van der Waals surface area contributed by atoms with Gasteiger partial charge in [0.15, 0.2) is 5.82 Å². The Morgan fingerprint density at radius 2 is 1.62 bits per heavy atom. The van der Waals surface area contributed by atoms with Crippen molar-refractivity contribution in [2.75, 3.05) is 7.11 Å². The number of thiophene rings is 1. The third kappa shape index (κ3) is 3.16. The van der Waals surface area contributed by atoms with Crippen molar-refractivity contribution in [1.82, 2.24) is 15.0 Å². The summed E-state index contributed by atoms with van der Waals surface area (Å²) in [6.45, 7) is 0. The van der Waals surface area contributed by atoms with Gasteiger partial charge in [-0.3, -0.25) is 0 Å². The highest BCUT2D eigenvalue weighted by Crippen LogP contribution is 2.38.